The molecule has 2 fully saturated rings. The van der Waals surface area contributed by atoms with Crippen molar-refractivity contribution in [2.75, 3.05) is 39.9 Å². The number of morpholine rings is 1. The molecule has 3 heteroatoms. The van der Waals surface area contributed by atoms with Crippen molar-refractivity contribution in [1.29, 1.82) is 0 Å². The molecule has 0 aromatic carbocycles. The summed E-state index contributed by atoms with van der Waals surface area (Å²) in [6, 6.07) is 0. The Hall–Kier alpha value is -0.120. The van der Waals surface area contributed by atoms with Gasteiger partial charge >= 0.3 is 0 Å². The predicted octanol–water partition coefficient (Wildman–Crippen LogP) is -0.695. The van der Waals surface area contributed by atoms with Crippen LogP contribution in [-0.4, -0.2) is 50.3 Å². The van der Waals surface area contributed by atoms with Gasteiger partial charge in [0.05, 0.1) is 18.8 Å². The molecule has 1 radical (unpaired) electrons. The first kappa shape index (κ1) is 6.58. The predicted molar refractivity (Wildman–Crippen MR) is 38.0 cm³/mol. The fourth-order valence-corrected chi connectivity index (χ4v) is 1.80. The molecule has 0 aromatic heterocycles. The Morgan fingerprint density at radius 1 is 1.50 bits per heavy atom. The molecule has 0 atom stereocenters. The highest BCUT2D eigenvalue weighted by Crippen LogP contribution is 2.22. The minimum atomic E-state index is 0.201. The van der Waals surface area contributed by atoms with Crippen molar-refractivity contribution >= 4 is 0 Å². The zero-order valence-corrected chi connectivity index (χ0v) is 6.34. The molecule has 3 nitrogen and oxygen atoms in total. The summed E-state index contributed by atoms with van der Waals surface area (Å²) in [4.78, 5) is 2.28. The van der Waals surface area contributed by atoms with Crippen LogP contribution < -0.4 is 5.32 Å². The Kier molecular flexibility index (Phi) is 1.44. The van der Waals surface area contributed by atoms with E-state index in [1.54, 1.807) is 0 Å². The molecule has 0 amide bonds. The van der Waals surface area contributed by atoms with Gasteiger partial charge in [0, 0.05) is 19.6 Å². The first-order valence-corrected chi connectivity index (χ1v) is 3.76. The second-order valence-electron chi connectivity index (χ2n) is 3.33. The largest absolute Gasteiger partial charge is 0.378 e. The van der Waals surface area contributed by atoms with Crippen LogP contribution in [0.25, 0.3) is 0 Å². The van der Waals surface area contributed by atoms with Crippen molar-refractivity contribution in [3.8, 4) is 0 Å². The molecule has 1 spiro atoms. The first-order chi connectivity index (χ1) is 4.81. The maximum absolute atomic E-state index is 5.36. The van der Waals surface area contributed by atoms with Gasteiger partial charge in [-0.2, -0.15) is 0 Å². The van der Waals surface area contributed by atoms with Gasteiger partial charge in [-0.1, -0.05) is 0 Å². The molecule has 10 heavy (non-hydrogen) atoms. The molecule has 0 unspecified atom stereocenters. The van der Waals surface area contributed by atoms with E-state index in [9.17, 15) is 0 Å². The van der Waals surface area contributed by atoms with Crippen LogP contribution in [0.5, 0.6) is 0 Å². The molecule has 57 valence electrons. The lowest BCUT2D eigenvalue weighted by Gasteiger charge is -2.49. The van der Waals surface area contributed by atoms with Gasteiger partial charge in [0.2, 0.25) is 0 Å². The third kappa shape index (κ3) is 0.944. The number of likely N-dealkylation sites (tertiary alicyclic amines) is 1. The van der Waals surface area contributed by atoms with Crippen LogP contribution >= 0.6 is 0 Å². The average molecular weight is 141 g/mol. The van der Waals surface area contributed by atoms with Gasteiger partial charge in [-0.3, -0.25) is 0 Å². The molecule has 2 aliphatic heterocycles. The van der Waals surface area contributed by atoms with Crippen molar-refractivity contribution in [2.45, 2.75) is 5.54 Å². The lowest BCUT2D eigenvalue weighted by Crippen LogP contribution is -2.69. The Balaban J connectivity index is 1.90. The first-order valence-electron chi connectivity index (χ1n) is 3.76. The van der Waals surface area contributed by atoms with Gasteiger partial charge < -0.3 is 9.64 Å². The summed E-state index contributed by atoms with van der Waals surface area (Å²) in [6.45, 7) is 4.75. The highest BCUT2D eigenvalue weighted by molar-refractivity contribution is 5.02. The van der Waals surface area contributed by atoms with E-state index in [-0.39, 0.29) is 5.54 Å². The standard InChI is InChI=1S/C7H13N2O/c1-9-4-7(5-9)6-10-3-2-8-7/h2-6H2,1H3. The minimum Gasteiger partial charge on any atom is -0.378 e. The van der Waals surface area contributed by atoms with Crippen LogP contribution in [0.2, 0.25) is 0 Å². The van der Waals surface area contributed by atoms with Crippen molar-refractivity contribution in [2.24, 2.45) is 0 Å². The van der Waals surface area contributed by atoms with E-state index in [2.05, 4.69) is 17.3 Å². The zero-order valence-electron chi connectivity index (χ0n) is 6.34. The molecule has 0 aromatic rings. The third-order valence-corrected chi connectivity index (χ3v) is 2.18. The van der Waals surface area contributed by atoms with E-state index in [0.717, 1.165) is 32.8 Å². The normalized spacial score (nSPS) is 32.1. The third-order valence-electron chi connectivity index (χ3n) is 2.18. The maximum atomic E-state index is 5.36. The number of hydrogen-bond acceptors (Lipinski definition) is 2. The van der Waals surface area contributed by atoms with E-state index in [1.165, 1.54) is 0 Å². The summed E-state index contributed by atoms with van der Waals surface area (Å²) >= 11 is 0. The topological polar surface area (TPSA) is 26.6 Å². The molecule has 0 aliphatic carbocycles. The Labute approximate surface area is 61.3 Å². The Morgan fingerprint density at radius 3 is 2.80 bits per heavy atom. The molecule has 0 N–H and O–H groups in total. The smallest absolute Gasteiger partial charge is 0.0842 e. The highest BCUT2D eigenvalue weighted by atomic mass is 16.5. The van der Waals surface area contributed by atoms with Gasteiger partial charge in [-0.25, -0.2) is 5.32 Å². The fraction of sp³-hybridized carbons (Fsp3) is 1.00. The number of likely N-dealkylation sites (N-methyl/N-ethyl adjacent to an activating group) is 1. The van der Waals surface area contributed by atoms with Crippen molar-refractivity contribution < 1.29 is 4.74 Å². The van der Waals surface area contributed by atoms with Gasteiger partial charge in [-0.05, 0) is 7.05 Å². The van der Waals surface area contributed by atoms with E-state index in [0.29, 0.717) is 0 Å². The van der Waals surface area contributed by atoms with Crippen LogP contribution in [0.3, 0.4) is 0 Å². The second kappa shape index (κ2) is 2.19. The van der Waals surface area contributed by atoms with Crippen LogP contribution in [0.1, 0.15) is 0 Å². The summed E-state index contributed by atoms with van der Waals surface area (Å²) in [5.74, 6) is 0. The molecular weight excluding hydrogens is 128 g/mol. The summed E-state index contributed by atoms with van der Waals surface area (Å²) in [7, 11) is 2.12. The number of nitrogens with zero attached hydrogens (tertiary/aromatic N) is 2. The highest BCUT2D eigenvalue weighted by Gasteiger charge is 2.43. The molecular formula is C7H13N2O. The minimum absolute atomic E-state index is 0.201. The van der Waals surface area contributed by atoms with Crippen LogP contribution in [0.15, 0.2) is 0 Å². The lowest BCUT2D eigenvalue weighted by molar-refractivity contribution is -0.0511. The summed E-state index contributed by atoms with van der Waals surface area (Å²) in [5, 5.41) is 4.55. The summed E-state index contributed by atoms with van der Waals surface area (Å²) < 4.78 is 5.36. The molecule has 2 heterocycles. The van der Waals surface area contributed by atoms with Gasteiger partial charge in [-0.15, -0.1) is 0 Å². The molecule has 2 aliphatic rings. The molecule has 2 saturated heterocycles. The molecule has 0 saturated carbocycles. The Bertz CT molecular complexity index is 116. The number of rotatable bonds is 0. The SMILES string of the molecule is CN1CC2(COCC[N]2)C1. The van der Waals surface area contributed by atoms with E-state index >= 15 is 0 Å². The molecule has 0 bridgehead atoms. The van der Waals surface area contributed by atoms with Gasteiger partial charge in [0.1, 0.15) is 0 Å². The van der Waals surface area contributed by atoms with E-state index < -0.39 is 0 Å². The van der Waals surface area contributed by atoms with Crippen molar-refractivity contribution in [3.05, 3.63) is 0 Å². The van der Waals surface area contributed by atoms with Gasteiger partial charge in [0.25, 0.3) is 0 Å². The van der Waals surface area contributed by atoms with Gasteiger partial charge in [0.15, 0.2) is 0 Å². The van der Waals surface area contributed by atoms with Crippen molar-refractivity contribution in [1.82, 2.24) is 10.2 Å². The average Bonchev–Trinajstić information content (AvgIpc) is 1.87. The Morgan fingerprint density at radius 2 is 2.30 bits per heavy atom. The maximum Gasteiger partial charge on any atom is 0.0842 e. The monoisotopic (exact) mass is 141 g/mol. The van der Waals surface area contributed by atoms with E-state index in [1.807, 2.05) is 0 Å². The summed E-state index contributed by atoms with van der Waals surface area (Å²) in [6.07, 6.45) is 0. The van der Waals surface area contributed by atoms with Crippen LogP contribution in [-0.2, 0) is 4.74 Å². The second-order valence-corrected chi connectivity index (χ2v) is 3.33. The number of ether oxygens (including phenoxy) is 1. The van der Waals surface area contributed by atoms with Crippen LogP contribution in [0.4, 0.5) is 0 Å². The van der Waals surface area contributed by atoms with E-state index in [4.69, 9.17) is 4.74 Å². The summed E-state index contributed by atoms with van der Waals surface area (Å²) in [5.41, 5.74) is 0.201. The van der Waals surface area contributed by atoms with Crippen molar-refractivity contribution in [3.63, 3.8) is 0 Å². The fourth-order valence-electron chi connectivity index (χ4n) is 1.80. The number of hydrogen-bond donors (Lipinski definition) is 0. The lowest BCUT2D eigenvalue weighted by atomic mass is 9.90. The quantitative estimate of drug-likeness (QED) is 0.446. The van der Waals surface area contributed by atoms with Crippen LogP contribution in [0, 0.1) is 0 Å². The zero-order chi connectivity index (χ0) is 7.03. The molecule has 2 rings (SSSR count).